The lowest BCUT2D eigenvalue weighted by Crippen LogP contribution is -2.66. The fraction of sp³-hybridized carbons (Fsp3) is 0.476. The van der Waals surface area contributed by atoms with Crippen LogP contribution in [0.25, 0.3) is 0 Å². The third-order valence-corrected chi connectivity index (χ3v) is 5.33. The molecular formula is C21H25IN2O10. The van der Waals surface area contributed by atoms with Crippen LogP contribution in [0.4, 0.5) is 10.5 Å². The monoisotopic (exact) mass is 592 g/mol. The number of ether oxygens (including phenoxy) is 5. The second-order valence-corrected chi connectivity index (χ2v) is 8.36. The van der Waals surface area contributed by atoms with Gasteiger partial charge in [-0.3, -0.25) is 19.2 Å². The van der Waals surface area contributed by atoms with Gasteiger partial charge in [0.2, 0.25) is 0 Å². The zero-order valence-electron chi connectivity index (χ0n) is 18.9. The molecule has 1 aromatic rings. The Bertz CT molecular complexity index is 940. The van der Waals surface area contributed by atoms with Crippen LogP contribution in [-0.2, 0) is 42.9 Å². The number of esters is 4. The standard InChI is InChI=1S/C21H25IN2O10/c1-10(25)30-9-16-17(31-11(2)26)18(32-12(3)27)19(33-13(4)28)20(34-16)24-21(29)23-15-8-6-5-7-14(15)22/h5-8,16-20H,9H2,1-4H3,(H2,23,24,29)/t16-,17+,18-,19+,20-/m0/s1. The highest BCUT2D eigenvalue weighted by molar-refractivity contribution is 14.1. The summed E-state index contributed by atoms with van der Waals surface area (Å²) in [6, 6.07) is 6.26. The van der Waals surface area contributed by atoms with Crippen LogP contribution in [0.3, 0.4) is 0 Å². The van der Waals surface area contributed by atoms with Gasteiger partial charge in [-0.1, -0.05) is 12.1 Å². The number of hydrogen-bond acceptors (Lipinski definition) is 10. The largest absolute Gasteiger partial charge is 0.463 e. The SMILES string of the molecule is CC(=O)OC[C@@H]1O[C@H](NC(=O)Nc2ccccc2I)[C@H](OC(C)=O)[C@@H](OC(C)=O)[C@@H]1OC(C)=O. The van der Waals surface area contributed by atoms with Gasteiger partial charge >= 0.3 is 29.9 Å². The van der Waals surface area contributed by atoms with Crippen LogP contribution in [-0.4, -0.2) is 67.2 Å². The first-order chi connectivity index (χ1) is 16.0. The second-order valence-electron chi connectivity index (χ2n) is 7.20. The molecule has 12 nitrogen and oxygen atoms in total. The maximum atomic E-state index is 12.7. The highest BCUT2D eigenvalue weighted by atomic mass is 127. The summed E-state index contributed by atoms with van der Waals surface area (Å²) in [4.78, 5) is 59.4. The molecular weight excluding hydrogens is 567 g/mol. The molecule has 0 saturated carbocycles. The highest BCUT2D eigenvalue weighted by Crippen LogP contribution is 2.28. The topological polar surface area (TPSA) is 156 Å². The summed E-state index contributed by atoms with van der Waals surface area (Å²) in [5, 5.41) is 5.16. The molecule has 0 radical (unpaired) electrons. The van der Waals surface area contributed by atoms with E-state index in [1.54, 1.807) is 24.3 Å². The first kappa shape index (κ1) is 27.3. The molecule has 1 heterocycles. The molecule has 1 aliphatic rings. The van der Waals surface area contributed by atoms with Crippen LogP contribution in [0, 0.1) is 3.57 Å². The minimum Gasteiger partial charge on any atom is -0.463 e. The first-order valence-corrected chi connectivity index (χ1v) is 11.2. The van der Waals surface area contributed by atoms with Crippen molar-refractivity contribution in [2.75, 3.05) is 11.9 Å². The minimum atomic E-state index is -1.39. The van der Waals surface area contributed by atoms with Gasteiger partial charge in [-0.25, -0.2) is 4.79 Å². The first-order valence-electron chi connectivity index (χ1n) is 10.1. The molecule has 0 spiro atoms. The van der Waals surface area contributed by atoms with Crippen LogP contribution in [0.5, 0.6) is 0 Å². The third-order valence-electron chi connectivity index (χ3n) is 4.39. The summed E-state index contributed by atoms with van der Waals surface area (Å²) in [6.45, 7) is 4.11. The smallest absolute Gasteiger partial charge is 0.321 e. The Balaban J connectivity index is 2.37. The van der Waals surface area contributed by atoms with E-state index in [9.17, 15) is 24.0 Å². The molecule has 1 fully saturated rings. The molecule has 1 aliphatic heterocycles. The second kappa shape index (κ2) is 12.5. The summed E-state index contributed by atoms with van der Waals surface area (Å²) in [5.41, 5.74) is 0.506. The number of para-hydroxylation sites is 1. The Kier molecular flexibility index (Phi) is 10.0. The zero-order chi connectivity index (χ0) is 25.4. The number of benzene rings is 1. The normalized spacial score (nSPS) is 23.7. The summed E-state index contributed by atoms with van der Waals surface area (Å²) in [5.74, 6) is -2.93. The van der Waals surface area contributed by atoms with E-state index in [4.69, 9.17) is 23.7 Å². The van der Waals surface area contributed by atoms with Crippen molar-refractivity contribution >= 4 is 58.2 Å². The molecule has 2 N–H and O–H groups in total. The maximum absolute atomic E-state index is 12.7. The fourth-order valence-corrected chi connectivity index (χ4v) is 3.72. The molecule has 0 bridgehead atoms. The van der Waals surface area contributed by atoms with Crippen molar-refractivity contribution in [3.05, 3.63) is 27.8 Å². The van der Waals surface area contributed by atoms with Crippen molar-refractivity contribution in [2.24, 2.45) is 0 Å². The number of carbonyl (C=O) groups is 5. The molecule has 34 heavy (non-hydrogen) atoms. The van der Waals surface area contributed by atoms with Crippen molar-refractivity contribution < 1.29 is 47.7 Å². The Morgan fingerprint density at radius 3 is 1.97 bits per heavy atom. The van der Waals surface area contributed by atoms with E-state index in [0.29, 0.717) is 5.69 Å². The number of amides is 2. The molecule has 2 rings (SSSR count). The molecule has 0 aliphatic carbocycles. The summed E-state index contributed by atoms with van der Waals surface area (Å²) in [6.07, 6.45) is -6.59. The molecule has 0 aromatic heterocycles. The van der Waals surface area contributed by atoms with E-state index in [-0.39, 0.29) is 0 Å². The van der Waals surface area contributed by atoms with Gasteiger partial charge in [-0.05, 0) is 34.7 Å². The Hall–Kier alpha value is -2.94. The molecule has 0 unspecified atom stereocenters. The number of carbonyl (C=O) groups excluding carboxylic acids is 5. The summed E-state index contributed by atoms with van der Waals surface area (Å²) >= 11 is 2.04. The van der Waals surface area contributed by atoms with Gasteiger partial charge in [0.15, 0.2) is 24.5 Å². The van der Waals surface area contributed by atoms with Gasteiger partial charge < -0.3 is 34.3 Å². The van der Waals surface area contributed by atoms with Crippen molar-refractivity contribution in [1.29, 1.82) is 0 Å². The van der Waals surface area contributed by atoms with E-state index >= 15 is 0 Å². The molecule has 1 saturated heterocycles. The van der Waals surface area contributed by atoms with Gasteiger partial charge in [0.25, 0.3) is 0 Å². The lowest BCUT2D eigenvalue weighted by molar-refractivity contribution is -0.255. The summed E-state index contributed by atoms with van der Waals surface area (Å²) < 4.78 is 27.5. The molecule has 2 amide bonds. The van der Waals surface area contributed by atoms with Crippen LogP contribution in [0.2, 0.25) is 0 Å². The Labute approximate surface area is 209 Å². The molecule has 5 atom stereocenters. The van der Waals surface area contributed by atoms with Crippen LogP contribution >= 0.6 is 22.6 Å². The number of rotatable bonds is 7. The number of anilines is 1. The zero-order valence-corrected chi connectivity index (χ0v) is 21.0. The van der Waals surface area contributed by atoms with Gasteiger partial charge in [0.05, 0.1) is 5.69 Å². The number of urea groups is 1. The van der Waals surface area contributed by atoms with Crippen molar-refractivity contribution in [1.82, 2.24) is 5.32 Å². The Morgan fingerprint density at radius 2 is 1.41 bits per heavy atom. The Morgan fingerprint density at radius 1 is 0.853 bits per heavy atom. The van der Waals surface area contributed by atoms with E-state index in [0.717, 1.165) is 24.3 Å². The van der Waals surface area contributed by atoms with Gasteiger partial charge in [0, 0.05) is 31.3 Å². The van der Waals surface area contributed by atoms with Crippen LogP contribution in [0.1, 0.15) is 27.7 Å². The number of halogens is 1. The average Bonchev–Trinajstić information content (AvgIpc) is 2.71. The lowest BCUT2D eigenvalue weighted by atomic mass is 9.97. The van der Waals surface area contributed by atoms with Gasteiger partial charge in [-0.15, -0.1) is 0 Å². The lowest BCUT2D eigenvalue weighted by Gasteiger charge is -2.44. The predicted molar refractivity (Wildman–Crippen MR) is 123 cm³/mol. The maximum Gasteiger partial charge on any atom is 0.321 e. The van der Waals surface area contributed by atoms with Crippen molar-refractivity contribution in [3.63, 3.8) is 0 Å². The summed E-state index contributed by atoms with van der Waals surface area (Å²) in [7, 11) is 0. The fourth-order valence-electron chi connectivity index (χ4n) is 3.19. The van der Waals surface area contributed by atoms with Crippen molar-refractivity contribution in [2.45, 2.75) is 58.3 Å². The van der Waals surface area contributed by atoms with Crippen LogP contribution < -0.4 is 10.6 Å². The molecule has 13 heteroatoms. The quantitative estimate of drug-likeness (QED) is 0.270. The van der Waals surface area contributed by atoms with E-state index in [1.807, 2.05) is 22.6 Å². The number of hydrogen-bond donors (Lipinski definition) is 2. The molecule has 186 valence electrons. The highest BCUT2D eigenvalue weighted by Gasteiger charge is 2.52. The minimum absolute atomic E-state index is 0.395. The van der Waals surface area contributed by atoms with E-state index in [2.05, 4.69) is 10.6 Å². The average molecular weight is 592 g/mol. The van der Waals surface area contributed by atoms with Gasteiger partial charge in [0.1, 0.15) is 12.7 Å². The number of nitrogens with one attached hydrogen (secondary N) is 2. The van der Waals surface area contributed by atoms with E-state index in [1.165, 1.54) is 6.92 Å². The van der Waals surface area contributed by atoms with Crippen LogP contribution in [0.15, 0.2) is 24.3 Å². The molecule has 1 aromatic carbocycles. The van der Waals surface area contributed by atoms with E-state index < -0.39 is 67.2 Å². The van der Waals surface area contributed by atoms with Gasteiger partial charge in [-0.2, -0.15) is 0 Å². The predicted octanol–water partition coefficient (Wildman–Crippen LogP) is 1.50. The third kappa shape index (κ3) is 8.13. The van der Waals surface area contributed by atoms with Crippen molar-refractivity contribution in [3.8, 4) is 0 Å².